The van der Waals surface area contributed by atoms with Gasteiger partial charge in [0, 0.05) is 19.6 Å². The summed E-state index contributed by atoms with van der Waals surface area (Å²) in [5.41, 5.74) is 0.940. The van der Waals surface area contributed by atoms with Crippen LogP contribution >= 0.6 is 15.9 Å². The lowest BCUT2D eigenvalue weighted by atomic mass is 10.2. The highest BCUT2D eigenvalue weighted by atomic mass is 79.9. The summed E-state index contributed by atoms with van der Waals surface area (Å²) in [5, 5.41) is 17.7. The number of rotatable bonds is 6. The van der Waals surface area contributed by atoms with E-state index in [1.54, 1.807) is 12.1 Å². The van der Waals surface area contributed by atoms with E-state index in [4.69, 9.17) is 10.2 Å². The summed E-state index contributed by atoms with van der Waals surface area (Å²) in [6, 6.07) is 4.80. The standard InChI is InChI=1S/C11H15BrFNO2/c12-10-7-9(1-2-11(10)13)8-14(3-5-15)4-6-16/h1-2,7,15-16H,3-6,8H2. The van der Waals surface area contributed by atoms with E-state index in [1.807, 2.05) is 4.90 Å². The van der Waals surface area contributed by atoms with Gasteiger partial charge >= 0.3 is 0 Å². The van der Waals surface area contributed by atoms with Crippen LogP contribution < -0.4 is 0 Å². The van der Waals surface area contributed by atoms with E-state index < -0.39 is 0 Å². The van der Waals surface area contributed by atoms with E-state index in [2.05, 4.69) is 15.9 Å². The maximum atomic E-state index is 13.0. The molecule has 1 aromatic rings. The van der Waals surface area contributed by atoms with Crippen molar-refractivity contribution in [3.05, 3.63) is 34.1 Å². The molecule has 0 aromatic heterocycles. The van der Waals surface area contributed by atoms with Crippen molar-refractivity contribution in [3.8, 4) is 0 Å². The van der Waals surface area contributed by atoms with Gasteiger partial charge in [0.2, 0.25) is 0 Å². The Balaban J connectivity index is 2.65. The maximum absolute atomic E-state index is 13.0. The predicted molar refractivity (Wildman–Crippen MR) is 63.5 cm³/mol. The number of hydrogen-bond acceptors (Lipinski definition) is 3. The molecule has 0 aliphatic heterocycles. The van der Waals surface area contributed by atoms with Crippen molar-refractivity contribution in [3.63, 3.8) is 0 Å². The zero-order chi connectivity index (χ0) is 12.0. The predicted octanol–water partition coefficient (Wildman–Crippen LogP) is 1.37. The molecule has 2 N–H and O–H groups in total. The van der Waals surface area contributed by atoms with E-state index in [0.717, 1.165) is 5.56 Å². The van der Waals surface area contributed by atoms with Gasteiger partial charge in [0.1, 0.15) is 5.82 Å². The number of nitrogens with zero attached hydrogens (tertiary/aromatic N) is 1. The molecule has 1 rings (SSSR count). The van der Waals surface area contributed by atoms with Gasteiger partial charge in [-0.3, -0.25) is 4.90 Å². The van der Waals surface area contributed by atoms with E-state index in [-0.39, 0.29) is 19.0 Å². The number of benzene rings is 1. The SMILES string of the molecule is OCCN(CCO)Cc1ccc(F)c(Br)c1. The molecule has 0 aliphatic carbocycles. The minimum Gasteiger partial charge on any atom is -0.395 e. The van der Waals surface area contributed by atoms with Crippen LogP contribution in [0.4, 0.5) is 4.39 Å². The van der Waals surface area contributed by atoms with Crippen LogP contribution in [0.1, 0.15) is 5.56 Å². The summed E-state index contributed by atoms with van der Waals surface area (Å²) in [6.07, 6.45) is 0. The smallest absolute Gasteiger partial charge is 0.137 e. The first-order valence-electron chi connectivity index (χ1n) is 5.05. The van der Waals surface area contributed by atoms with Gasteiger partial charge < -0.3 is 10.2 Å². The van der Waals surface area contributed by atoms with Crippen LogP contribution in [0.25, 0.3) is 0 Å². The molecule has 16 heavy (non-hydrogen) atoms. The summed E-state index contributed by atoms with van der Waals surface area (Å²) in [6.45, 7) is 1.66. The Bertz CT molecular complexity index is 330. The van der Waals surface area contributed by atoms with Gasteiger partial charge in [-0.05, 0) is 33.6 Å². The third kappa shape index (κ3) is 4.17. The third-order valence-corrected chi connectivity index (χ3v) is 2.83. The molecule has 0 radical (unpaired) electrons. The molecule has 1 aromatic carbocycles. The second-order valence-corrected chi connectivity index (χ2v) is 4.33. The monoisotopic (exact) mass is 291 g/mol. The summed E-state index contributed by atoms with van der Waals surface area (Å²) < 4.78 is 13.4. The Morgan fingerprint density at radius 1 is 1.19 bits per heavy atom. The minimum absolute atomic E-state index is 0.0440. The first kappa shape index (κ1) is 13.6. The van der Waals surface area contributed by atoms with Crippen LogP contribution in [0.15, 0.2) is 22.7 Å². The Hall–Kier alpha value is -0.490. The van der Waals surface area contributed by atoms with Crippen molar-refractivity contribution < 1.29 is 14.6 Å². The number of halogens is 2. The molecule has 0 unspecified atom stereocenters. The van der Waals surface area contributed by atoms with E-state index in [0.29, 0.717) is 24.1 Å². The second kappa shape index (κ2) is 6.96. The molecule has 90 valence electrons. The summed E-state index contributed by atoms with van der Waals surface area (Å²) in [4.78, 5) is 1.90. The fraction of sp³-hybridized carbons (Fsp3) is 0.455. The van der Waals surface area contributed by atoms with Gasteiger partial charge in [0.05, 0.1) is 17.7 Å². The molecule has 0 spiro atoms. The molecule has 3 nitrogen and oxygen atoms in total. The van der Waals surface area contributed by atoms with Gasteiger partial charge in [-0.15, -0.1) is 0 Å². The molecule has 0 aliphatic rings. The van der Waals surface area contributed by atoms with Crippen molar-refractivity contribution in [2.45, 2.75) is 6.54 Å². The quantitative estimate of drug-likeness (QED) is 0.832. The Morgan fingerprint density at radius 2 is 1.81 bits per heavy atom. The highest BCUT2D eigenvalue weighted by Gasteiger charge is 2.06. The van der Waals surface area contributed by atoms with E-state index >= 15 is 0 Å². The Morgan fingerprint density at radius 3 is 2.31 bits per heavy atom. The lowest BCUT2D eigenvalue weighted by molar-refractivity contribution is 0.156. The molecule has 0 bridgehead atoms. The molecular weight excluding hydrogens is 277 g/mol. The van der Waals surface area contributed by atoms with Crippen LogP contribution in [0.3, 0.4) is 0 Å². The van der Waals surface area contributed by atoms with Gasteiger partial charge in [0.25, 0.3) is 0 Å². The lowest BCUT2D eigenvalue weighted by Gasteiger charge is -2.20. The largest absolute Gasteiger partial charge is 0.395 e. The van der Waals surface area contributed by atoms with Crippen LogP contribution in [0.5, 0.6) is 0 Å². The van der Waals surface area contributed by atoms with Gasteiger partial charge in [-0.2, -0.15) is 0 Å². The fourth-order valence-electron chi connectivity index (χ4n) is 1.45. The van der Waals surface area contributed by atoms with Crippen molar-refractivity contribution >= 4 is 15.9 Å². The summed E-state index contributed by atoms with van der Waals surface area (Å²) >= 11 is 3.12. The first-order valence-corrected chi connectivity index (χ1v) is 5.84. The van der Waals surface area contributed by atoms with E-state index in [9.17, 15) is 4.39 Å². The average Bonchev–Trinajstić information content (AvgIpc) is 2.24. The normalized spacial score (nSPS) is 11.1. The van der Waals surface area contributed by atoms with Gasteiger partial charge in [-0.25, -0.2) is 4.39 Å². The molecule has 0 saturated carbocycles. The maximum Gasteiger partial charge on any atom is 0.137 e. The van der Waals surface area contributed by atoms with Crippen LogP contribution in [-0.2, 0) is 6.54 Å². The van der Waals surface area contributed by atoms with Crippen LogP contribution in [-0.4, -0.2) is 41.4 Å². The minimum atomic E-state index is -0.292. The van der Waals surface area contributed by atoms with Gasteiger partial charge in [0.15, 0.2) is 0 Å². The number of aliphatic hydroxyl groups excluding tert-OH is 2. The molecule has 0 amide bonds. The lowest BCUT2D eigenvalue weighted by Crippen LogP contribution is -2.29. The zero-order valence-electron chi connectivity index (χ0n) is 8.87. The molecule has 0 heterocycles. The van der Waals surface area contributed by atoms with Gasteiger partial charge in [-0.1, -0.05) is 6.07 Å². The van der Waals surface area contributed by atoms with Crippen molar-refractivity contribution in [1.82, 2.24) is 4.90 Å². The summed E-state index contributed by atoms with van der Waals surface area (Å²) in [5.74, 6) is -0.292. The Kier molecular flexibility index (Phi) is 5.90. The molecular formula is C11H15BrFNO2. The van der Waals surface area contributed by atoms with Crippen LogP contribution in [0.2, 0.25) is 0 Å². The first-order chi connectivity index (χ1) is 7.67. The zero-order valence-corrected chi connectivity index (χ0v) is 10.5. The van der Waals surface area contributed by atoms with Crippen LogP contribution in [0, 0.1) is 5.82 Å². The highest BCUT2D eigenvalue weighted by Crippen LogP contribution is 2.17. The molecule has 5 heteroatoms. The second-order valence-electron chi connectivity index (χ2n) is 3.47. The molecule has 0 fully saturated rings. The van der Waals surface area contributed by atoms with Crippen molar-refractivity contribution in [1.29, 1.82) is 0 Å². The highest BCUT2D eigenvalue weighted by molar-refractivity contribution is 9.10. The topological polar surface area (TPSA) is 43.7 Å². The van der Waals surface area contributed by atoms with Crippen molar-refractivity contribution in [2.24, 2.45) is 0 Å². The fourth-order valence-corrected chi connectivity index (χ4v) is 1.88. The third-order valence-electron chi connectivity index (χ3n) is 2.22. The average molecular weight is 292 g/mol. The molecule has 0 saturated heterocycles. The number of aliphatic hydroxyl groups is 2. The van der Waals surface area contributed by atoms with Crippen molar-refractivity contribution in [2.75, 3.05) is 26.3 Å². The molecule has 0 atom stereocenters. The summed E-state index contributed by atoms with van der Waals surface area (Å²) in [7, 11) is 0. The Labute approximate surface area is 103 Å². The number of hydrogen-bond donors (Lipinski definition) is 2. The van der Waals surface area contributed by atoms with E-state index in [1.165, 1.54) is 6.07 Å².